The van der Waals surface area contributed by atoms with E-state index < -0.39 is 5.97 Å². The molecule has 2 aromatic rings. The average Bonchev–Trinajstić information content (AvgIpc) is 2.45. The molecule has 0 spiro atoms. The van der Waals surface area contributed by atoms with Crippen LogP contribution in [0.4, 0.5) is 11.4 Å². The number of carbonyl (C=O) groups excluding carboxylic acids is 1. The smallest absolute Gasteiger partial charge is 0.358 e. The number of aromatic nitrogens is 1. The fourth-order valence-corrected chi connectivity index (χ4v) is 2.15. The Balaban J connectivity index is 2.68. The van der Waals surface area contributed by atoms with Crippen molar-refractivity contribution in [2.45, 2.75) is 13.8 Å². The van der Waals surface area contributed by atoms with Crippen molar-refractivity contribution >= 4 is 28.9 Å². The molecule has 0 amide bonds. The predicted molar refractivity (Wildman–Crippen MR) is 84.3 cm³/mol. The van der Waals surface area contributed by atoms with Crippen LogP contribution >= 0.6 is 11.6 Å². The third-order valence-corrected chi connectivity index (χ3v) is 3.70. The number of nitrogen functional groups attached to an aromatic ring is 2. The molecule has 0 aliphatic rings. The third kappa shape index (κ3) is 2.78. The van der Waals surface area contributed by atoms with E-state index in [9.17, 15) is 4.79 Å². The zero-order chi connectivity index (χ0) is 15.7. The molecule has 2 rings (SSSR count). The van der Waals surface area contributed by atoms with E-state index in [1.807, 2.05) is 26.0 Å². The number of benzene rings is 1. The molecule has 0 unspecified atom stereocenters. The minimum atomic E-state index is -0.643. The number of anilines is 2. The minimum Gasteiger partial charge on any atom is -0.464 e. The molecule has 0 fully saturated rings. The van der Waals surface area contributed by atoms with Gasteiger partial charge in [-0.25, -0.2) is 9.78 Å². The van der Waals surface area contributed by atoms with Gasteiger partial charge in [-0.05, 0) is 43.2 Å². The highest BCUT2D eigenvalue weighted by molar-refractivity contribution is 6.35. The maximum absolute atomic E-state index is 11.7. The third-order valence-electron chi connectivity index (χ3n) is 3.31. The Bertz CT molecular complexity index is 729. The van der Waals surface area contributed by atoms with Crippen LogP contribution in [0.5, 0.6) is 0 Å². The van der Waals surface area contributed by atoms with Crippen LogP contribution in [0.1, 0.15) is 21.6 Å². The highest BCUT2D eigenvalue weighted by Gasteiger charge is 2.18. The van der Waals surface area contributed by atoms with Gasteiger partial charge in [0.15, 0.2) is 5.69 Å². The number of methoxy groups -OCH3 is 1. The zero-order valence-electron chi connectivity index (χ0n) is 12.0. The Labute approximate surface area is 127 Å². The van der Waals surface area contributed by atoms with Crippen molar-refractivity contribution in [2.75, 3.05) is 18.6 Å². The molecule has 1 aromatic carbocycles. The number of ether oxygens (including phenoxy) is 1. The molecule has 0 bridgehead atoms. The van der Waals surface area contributed by atoms with Crippen LogP contribution in [0, 0.1) is 13.8 Å². The van der Waals surface area contributed by atoms with Crippen molar-refractivity contribution in [3.8, 4) is 11.3 Å². The van der Waals surface area contributed by atoms with E-state index in [-0.39, 0.29) is 16.4 Å². The zero-order valence-corrected chi connectivity index (χ0v) is 12.8. The van der Waals surface area contributed by atoms with Crippen LogP contribution < -0.4 is 11.5 Å². The molecule has 1 aromatic heterocycles. The van der Waals surface area contributed by atoms with Gasteiger partial charge in [0.25, 0.3) is 0 Å². The second kappa shape index (κ2) is 5.61. The molecule has 21 heavy (non-hydrogen) atoms. The second-order valence-corrected chi connectivity index (χ2v) is 5.15. The monoisotopic (exact) mass is 305 g/mol. The first kappa shape index (κ1) is 15.1. The van der Waals surface area contributed by atoms with Gasteiger partial charge in [0.05, 0.1) is 23.5 Å². The van der Waals surface area contributed by atoms with Crippen molar-refractivity contribution in [3.63, 3.8) is 0 Å². The standard InChI is InChI=1S/C15H16ClN3O2/c1-7-4-9(10(17)5-8(7)2)12-6-11(18)13(16)14(19-12)15(20)21-3/h4-6H,17H2,1-3H3,(H2,18,19). The topological polar surface area (TPSA) is 91.2 Å². The summed E-state index contributed by atoms with van der Waals surface area (Å²) < 4.78 is 4.66. The average molecular weight is 306 g/mol. The van der Waals surface area contributed by atoms with E-state index in [4.69, 9.17) is 23.1 Å². The van der Waals surface area contributed by atoms with Crippen LogP contribution in [0.2, 0.25) is 5.02 Å². The molecule has 6 heteroatoms. The lowest BCUT2D eigenvalue weighted by Crippen LogP contribution is -2.08. The summed E-state index contributed by atoms with van der Waals surface area (Å²) in [5.41, 5.74) is 16.0. The number of nitrogens with two attached hydrogens (primary N) is 2. The van der Waals surface area contributed by atoms with Crippen molar-refractivity contribution in [2.24, 2.45) is 0 Å². The van der Waals surface area contributed by atoms with Crippen molar-refractivity contribution in [3.05, 3.63) is 40.0 Å². The number of carbonyl (C=O) groups is 1. The molecule has 0 aliphatic carbocycles. The lowest BCUT2D eigenvalue weighted by atomic mass is 10.0. The summed E-state index contributed by atoms with van der Waals surface area (Å²) in [6, 6.07) is 5.35. The molecule has 0 saturated heterocycles. The summed E-state index contributed by atoms with van der Waals surface area (Å²) in [4.78, 5) is 16.0. The number of hydrogen-bond acceptors (Lipinski definition) is 5. The first-order valence-corrected chi connectivity index (χ1v) is 6.64. The molecule has 0 atom stereocenters. The lowest BCUT2D eigenvalue weighted by molar-refractivity contribution is 0.0594. The first-order chi connectivity index (χ1) is 9.85. The Hall–Kier alpha value is -2.27. The number of aryl methyl sites for hydroxylation is 2. The molecule has 0 saturated carbocycles. The van der Waals surface area contributed by atoms with E-state index >= 15 is 0 Å². The normalized spacial score (nSPS) is 10.5. The van der Waals surface area contributed by atoms with Crippen molar-refractivity contribution in [1.29, 1.82) is 0 Å². The molecule has 110 valence electrons. The lowest BCUT2D eigenvalue weighted by Gasteiger charge is -2.12. The number of rotatable bonds is 2. The Morgan fingerprint density at radius 1 is 1.14 bits per heavy atom. The Morgan fingerprint density at radius 3 is 2.38 bits per heavy atom. The summed E-state index contributed by atoms with van der Waals surface area (Å²) >= 11 is 6.00. The van der Waals surface area contributed by atoms with Gasteiger partial charge in [-0.15, -0.1) is 0 Å². The quantitative estimate of drug-likeness (QED) is 0.657. The number of nitrogens with zero attached hydrogens (tertiary/aromatic N) is 1. The largest absolute Gasteiger partial charge is 0.464 e. The van der Waals surface area contributed by atoms with Crippen molar-refractivity contribution in [1.82, 2.24) is 4.98 Å². The van der Waals surface area contributed by atoms with Gasteiger partial charge in [0, 0.05) is 11.3 Å². The first-order valence-electron chi connectivity index (χ1n) is 6.26. The van der Waals surface area contributed by atoms with Gasteiger partial charge in [-0.1, -0.05) is 11.6 Å². The Morgan fingerprint density at radius 2 is 1.76 bits per heavy atom. The van der Waals surface area contributed by atoms with Crippen LogP contribution in [-0.2, 0) is 4.74 Å². The summed E-state index contributed by atoms with van der Waals surface area (Å²) in [7, 11) is 1.26. The van der Waals surface area contributed by atoms with Gasteiger partial charge in [0.2, 0.25) is 0 Å². The molecule has 1 heterocycles. The summed E-state index contributed by atoms with van der Waals surface area (Å²) in [5.74, 6) is -0.643. The molecule has 0 aliphatic heterocycles. The van der Waals surface area contributed by atoms with E-state index in [1.165, 1.54) is 7.11 Å². The summed E-state index contributed by atoms with van der Waals surface area (Å²) in [6.07, 6.45) is 0. The maximum Gasteiger partial charge on any atom is 0.358 e. The predicted octanol–water partition coefficient (Wildman–Crippen LogP) is 2.97. The van der Waals surface area contributed by atoms with Gasteiger partial charge in [0.1, 0.15) is 0 Å². The fraction of sp³-hybridized carbons (Fsp3) is 0.200. The SMILES string of the molecule is COC(=O)c1nc(-c2cc(C)c(C)cc2N)cc(N)c1Cl. The molecule has 0 radical (unpaired) electrons. The van der Waals surface area contributed by atoms with Gasteiger partial charge in [-0.2, -0.15) is 0 Å². The highest BCUT2D eigenvalue weighted by atomic mass is 35.5. The number of esters is 1. The van der Waals surface area contributed by atoms with Crippen LogP contribution in [-0.4, -0.2) is 18.1 Å². The maximum atomic E-state index is 11.7. The fourth-order valence-electron chi connectivity index (χ4n) is 1.98. The molecular formula is C15H16ClN3O2. The van der Waals surface area contributed by atoms with E-state index in [1.54, 1.807) is 6.07 Å². The van der Waals surface area contributed by atoms with E-state index in [0.29, 0.717) is 16.9 Å². The molecule has 5 nitrogen and oxygen atoms in total. The van der Waals surface area contributed by atoms with Crippen molar-refractivity contribution < 1.29 is 9.53 Å². The number of halogens is 1. The van der Waals surface area contributed by atoms with Gasteiger partial charge in [-0.3, -0.25) is 0 Å². The van der Waals surface area contributed by atoms with E-state index in [0.717, 1.165) is 11.1 Å². The summed E-state index contributed by atoms with van der Waals surface area (Å²) in [5, 5.41) is 0.0769. The van der Waals surface area contributed by atoms with Crippen LogP contribution in [0.15, 0.2) is 18.2 Å². The second-order valence-electron chi connectivity index (χ2n) is 4.77. The van der Waals surface area contributed by atoms with E-state index in [2.05, 4.69) is 9.72 Å². The number of pyridine rings is 1. The minimum absolute atomic E-state index is 0.0215. The molecule has 4 N–H and O–H groups in total. The van der Waals surface area contributed by atoms with Crippen LogP contribution in [0.3, 0.4) is 0 Å². The number of hydrogen-bond donors (Lipinski definition) is 2. The Kier molecular flexibility index (Phi) is 4.04. The molecular weight excluding hydrogens is 290 g/mol. The van der Waals surface area contributed by atoms with Gasteiger partial charge >= 0.3 is 5.97 Å². The van der Waals surface area contributed by atoms with Gasteiger partial charge < -0.3 is 16.2 Å². The highest BCUT2D eigenvalue weighted by Crippen LogP contribution is 2.32. The van der Waals surface area contributed by atoms with Crippen LogP contribution in [0.25, 0.3) is 11.3 Å². The summed E-state index contributed by atoms with van der Waals surface area (Å²) in [6.45, 7) is 3.94.